The Kier molecular flexibility index (Phi) is 3.07. The van der Waals surface area contributed by atoms with E-state index in [1.807, 2.05) is 24.3 Å². The molecule has 0 saturated carbocycles. The first-order chi connectivity index (χ1) is 12.4. The maximum Gasteiger partial charge on any atom is 0.180 e. The zero-order chi connectivity index (χ0) is 16.6. The molecule has 0 atom stereocenters. The van der Waals surface area contributed by atoms with E-state index in [0.717, 1.165) is 28.1 Å². The molecule has 4 heteroatoms. The SMILES string of the molecule is c1ccc(-c2nc(-c3ncccn3)c3ccc4ccccc4n23)cc1. The van der Waals surface area contributed by atoms with Gasteiger partial charge >= 0.3 is 0 Å². The number of para-hydroxylation sites is 1. The Morgan fingerprint density at radius 3 is 2.24 bits per heavy atom. The Labute approximate surface area is 144 Å². The van der Waals surface area contributed by atoms with Crippen molar-refractivity contribution >= 4 is 16.4 Å². The van der Waals surface area contributed by atoms with Crippen molar-refractivity contribution in [2.75, 3.05) is 0 Å². The van der Waals surface area contributed by atoms with Crippen LogP contribution in [-0.4, -0.2) is 19.4 Å². The van der Waals surface area contributed by atoms with Crippen LogP contribution in [0, 0.1) is 0 Å². The van der Waals surface area contributed by atoms with Gasteiger partial charge in [-0.2, -0.15) is 0 Å². The van der Waals surface area contributed by atoms with Crippen LogP contribution in [0.5, 0.6) is 0 Å². The highest BCUT2D eigenvalue weighted by Gasteiger charge is 2.17. The zero-order valence-electron chi connectivity index (χ0n) is 13.4. The third-order valence-electron chi connectivity index (χ3n) is 4.32. The van der Waals surface area contributed by atoms with E-state index in [-0.39, 0.29) is 0 Å². The van der Waals surface area contributed by atoms with Crippen LogP contribution in [-0.2, 0) is 0 Å². The summed E-state index contributed by atoms with van der Waals surface area (Å²) in [5.74, 6) is 1.53. The second-order valence-electron chi connectivity index (χ2n) is 5.84. The van der Waals surface area contributed by atoms with Crippen LogP contribution in [0.4, 0.5) is 0 Å². The van der Waals surface area contributed by atoms with Crippen LogP contribution in [0.25, 0.3) is 39.3 Å². The second-order valence-corrected chi connectivity index (χ2v) is 5.84. The summed E-state index contributed by atoms with van der Waals surface area (Å²) in [7, 11) is 0. The maximum atomic E-state index is 4.92. The summed E-state index contributed by atoms with van der Waals surface area (Å²) in [4.78, 5) is 13.7. The summed E-state index contributed by atoms with van der Waals surface area (Å²) in [6.07, 6.45) is 3.49. The van der Waals surface area contributed by atoms with Gasteiger partial charge in [0.25, 0.3) is 0 Å². The minimum absolute atomic E-state index is 0.637. The highest BCUT2D eigenvalue weighted by Crippen LogP contribution is 2.31. The van der Waals surface area contributed by atoms with Gasteiger partial charge in [0.15, 0.2) is 5.82 Å². The van der Waals surface area contributed by atoms with E-state index in [2.05, 4.69) is 62.9 Å². The number of nitrogens with zero attached hydrogens (tertiary/aromatic N) is 4. The average molecular weight is 322 g/mol. The first kappa shape index (κ1) is 13.9. The smallest absolute Gasteiger partial charge is 0.180 e. The highest BCUT2D eigenvalue weighted by molar-refractivity contribution is 5.89. The summed E-state index contributed by atoms with van der Waals surface area (Å²) in [5, 5.41) is 1.17. The van der Waals surface area contributed by atoms with Crippen molar-refractivity contribution in [1.29, 1.82) is 0 Å². The van der Waals surface area contributed by atoms with Gasteiger partial charge in [-0.15, -0.1) is 0 Å². The van der Waals surface area contributed by atoms with Gasteiger partial charge in [0, 0.05) is 18.0 Å². The summed E-state index contributed by atoms with van der Waals surface area (Å²) in [6.45, 7) is 0. The molecule has 0 fully saturated rings. The summed E-state index contributed by atoms with van der Waals surface area (Å²) >= 11 is 0. The fraction of sp³-hybridized carbons (Fsp3) is 0. The third kappa shape index (κ3) is 2.19. The van der Waals surface area contributed by atoms with Crippen molar-refractivity contribution < 1.29 is 0 Å². The molecule has 0 bridgehead atoms. The minimum Gasteiger partial charge on any atom is -0.292 e. The van der Waals surface area contributed by atoms with Gasteiger partial charge in [0.2, 0.25) is 0 Å². The monoisotopic (exact) mass is 322 g/mol. The highest BCUT2D eigenvalue weighted by atomic mass is 15.1. The van der Waals surface area contributed by atoms with Crippen LogP contribution in [0.1, 0.15) is 0 Å². The average Bonchev–Trinajstić information content (AvgIpc) is 3.09. The second kappa shape index (κ2) is 5.53. The van der Waals surface area contributed by atoms with Crippen molar-refractivity contribution in [3.8, 4) is 22.9 Å². The molecule has 3 heterocycles. The molecule has 2 aromatic carbocycles. The number of hydrogen-bond donors (Lipinski definition) is 0. The van der Waals surface area contributed by atoms with Crippen molar-refractivity contribution in [3.63, 3.8) is 0 Å². The van der Waals surface area contributed by atoms with Gasteiger partial charge in [0.1, 0.15) is 11.5 Å². The van der Waals surface area contributed by atoms with Gasteiger partial charge in [-0.25, -0.2) is 15.0 Å². The van der Waals surface area contributed by atoms with Crippen molar-refractivity contribution in [1.82, 2.24) is 19.4 Å². The molecule has 4 nitrogen and oxygen atoms in total. The Bertz CT molecular complexity index is 1180. The molecule has 5 aromatic rings. The standard InChI is InChI=1S/C21H14N4/c1-2-8-16(9-3-1)21-24-19(20-22-13-6-14-23-20)18-12-11-15-7-4-5-10-17(15)25(18)21/h1-14H. The van der Waals surface area contributed by atoms with Gasteiger partial charge in [-0.05, 0) is 23.6 Å². The Morgan fingerprint density at radius 1 is 0.640 bits per heavy atom. The van der Waals surface area contributed by atoms with Crippen LogP contribution in [0.3, 0.4) is 0 Å². The van der Waals surface area contributed by atoms with Crippen molar-refractivity contribution in [2.45, 2.75) is 0 Å². The van der Waals surface area contributed by atoms with E-state index in [9.17, 15) is 0 Å². The molecule has 25 heavy (non-hydrogen) atoms. The normalized spacial score (nSPS) is 11.2. The van der Waals surface area contributed by atoms with Crippen LogP contribution >= 0.6 is 0 Å². The number of benzene rings is 2. The lowest BCUT2D eigenvalue weighted by Crippen LogP contribution is -1.91. The number of rotatable bonds is 2. The van der Waals surface area contributed by atoms with Gasteiger partial charge in [-0.1, -0.05) is 54.6 Å². The number of pyridine rings is 1. The predicted octanol–water partition coefficient (Wildman–Crippen LogP) is 4.61. The number of imidazole rings is 1. The molecule has 0 aliphatic heterocycles. The lowest BCUT2D eigenvalue weighted by molar-refractivity contribution is 1.15. The quantitative estimate of drug-likeness (QED) is 0.476. The molecular formula is C21H14N4. The molecular weight excluding hydrogens is 308 g/mol. The molecule has 0 saturated heterocycles. The Hall–Kier alpha value is -3.53. The lowest BCUT2D eigenvalue weighted by atomic mass is 10.2. The molecule has 0 unspecified atom stereocenters. The van der Waals surface area contributed by atoms with Gasteiger partial charge in [0.05, 0.1) is 11.0 Å². The molecule has 0 spiro atoms. The fourth-order valence-corrected chi connectivity index (χ4v) is 3.20. The summed E-state index contributed by atoms with van der Waals surface area (Å²) < 4.78 is 2.19. The Morgan fingerprint density at radius 2 is 1.40 bits per heavy atom. The lowest BCUT2D eigenvalue weighted by Gasteiger charge is -2.06. The molecule has 0 radical (unpaired) electrons. The third-order valence-corrected chi connectivity index (χ3v) is 4.32. The molecule has 5 rings (SSSR count). The van der Waals surface area contributed by atoms with E-state index in [0.29, 0.717) is 5.82 Å². The van der Waals surface area contributed by atoms with Gasteiger partial charge < -0.3 is 0 Å². The summed E-state index contributed by atoms with van der Waals surface area (Å²) in [6, 6.07) is 24.6. The molecule has 0 aliphatic rings. The maximum absolute atomic E-state index is 4.92. The fourth-order valence-electron chi connectivity index (χ4n) is 3.20. The molecule has 118 valence electrons. The van der Waals surface area contributed by atoms with Crippen molar-refractivity contribution in [3.05, 3.63) is 85.2 Å². The van der Waals surface area contributed by atoms with E-state index < -0.39 is 0 Å². The summed E-state index contributed by atoms with van der Waals surface area (Å²) in [5.41, 5.74) is 3.98. The number of aromatic nitrogens is 4. The predicted molar refractivity (Wildman–Crippen MR) is 99.2 cm³/mol. The topological polar surface area (TPSA) is 43.1 Å². The molecule has 0 N–H and O–H groups in total. The largest absolute Gasteiger partial charge is 0.292 e. The zero-order valence-corrected chi connectivity index (χ0v) is 13.4. The van der Waals surface area contributed by atoms with E-state index in [1.54, 1.807) is 12.4 Å². The van der Waals surface area contributed by atoms with E-state index in [1.165, 1.54) is 5.39 Å². The minimum atomic E-state index is 0.637. The number of hydrogen-bond acceptors (Lipinski definition) is 3. The first-order valence-corrected chi connectivity index (χ1v) is 8.15. The van der Waals surface area contributed by atoms with Gasteiger partial charge in [-0.3, -0.25) is 4.40 Å². The molecule has 3 aromatic heterocycles. The Balaban J connectivity index is 1.94. The van der Waals surface area contributed by atoms with E-state index in [4.69, 9.17) is 4.98 Å². The van der Waals surface area contributed by atoms with Crippen molar-refractivity contribution in [2.24, 2.45) is 0 Å². The van der Waals surface area contributed by atoms with Crippen LogP contribution in [0.15, 0.2) is 85.2 Å². The number of fused-ring (bicyclic) bond motifs is 3. The van der Waals surface area contributed by atoms with Crippen LogP contribution in [0.2, 0.25) is 0 Å². The van der Waals surface area contributed by atoms with E-state index >= 15 is 0 Å². The molecule has 0 amide bonds. The first-order valence-electron chi connectivity index (χ1n) is 8.15. The molecule has 0 aliphatic carbocycles. The van der Waals surface area contributed by atoms with Crippen LogP contribution < -0.4 is 0 Å².